The van der Waals surface area contributed by atoms with Crippen LogP contribution in [0.4, 0.5) is 0 Å². The quantitative estimate of drug-likeness (QED) is 0.658. The van der Waals surface area contributed by atoms with Gasteiger partial charge in [0.05, 0.1) is 11.8 Å². The Labute approximate surface area is 167 Å². The molecule has 0 unspecified atom stereocenters. The van der Waals surface area contributed by atoms with Crippen molar-refractivity contribution in [1.82, 2.24) is 9.97 Å². The number of hydrogen-bond acceptors (Lipinski definition) is 5. The molecule has 1 aliphatic rings. The van der Waals surface area contributed by atoms with E-state index in [1.165, 1.54) is 16.9 Å². The SMILES string of the molecule is Cc1cc(C)cc(COC(=O)CCc2nc3sc4c(c3c(=O)[nH]2)CCCC4)c1. The van der Waals surface area contributed by atoms with Gasteiger partial charge in [0.2, 0.25) is 0 Å². The molecule has 0 amide bonds. The topological polar surface area (TPSA) is 72.0 Å². The van der Waals surface area contributed by atoms with Gasteiger partial charge in [0.1, 0.15) is 17.3 Å². The van der Waals surface area contributed by atoms with Crippen LogP contribution in [0.15, 0.2) is 23.0 Å². The second-order valence-electron chi connectivity index (χ2n) is 7.56. The number of thiophene rings is 1. The molecule has 6 heteroatoms. The maximum absolute atomic E-state index is 12.5. The monoisotopic (exact) mass is 396 g/mol. The van der Waals surface area contributed by atoms with Crippen LogP contribution in [0.25, 0.3) is 10.2 Å². The van der Waals surface area contributed by atoms with E-state index in [4.69, 9.17) is 4.74 Å². The van der Waals surface area contributed by atoms with E-state index in [9.17, 15) is 9.59 Å². The van der Waals surface area contributed by atoms with E-state index in [2.05, 4.69) is 16.0 Å². The zero-order valence-electron chi connectivity index (χ0n) is 16.3. The molecule has 0 bridgehead atoms. The lowest BCUT2D eigenvalue weighted by molar-refractivity contribution is -0.144. The van der Waals surface area contributed by atoms with Crippen molar-refractivity contribution in [3.05, 3.63) is 61.5 Å². The molecule has 0 atom stereocenters. The lowest BCUT2D eigenvalue weighted by Gasteiger charge is -2.09. The average molecular weight is 397 g/mol. The molecule has 0 saturated carbocycles. The lowest BCUT2D eigenvalue weighted by atomic mass is 9.97. The third-order valence-corrected chi connectivity index (χ3v) is 6.31. The zero-order valence-corrected chi connectivity index (χ0v) is 17.1. The number of fused-ring (bicyclic) bond motifs is 3. The minimum absolute atomic E-state index is 0.0806. The van der Waals surface area contributed by atoms with Gasteiger partial charge in [-0.05, 0) is 50.7 Å². The number of nitrogens with zero attached hydrogens (tertiary/aromatic N) is 1. The second kappa shape index (κ2) is 7.87. The highest BCUT2D eigenvalue weighted by atomic mass is 32.1. The summed E-state index contributed by atoms with van der Waals surface area (Å²) in [5.41, 5.74) is 4.39. The van der Waals surface area contributed by atoms with Crippen LogP contribution in [-0.2, 0) is 35.4 Å². The smallest absolute Gasteiger partial charge is 0.306 e. The fourth-order valence-electron chi connectivity index (χ4n) is 3.94. The number of benzene rings is 1. The summed E-state index contributed by atoms with van der Waals surface area (Å²) in [6, 6.07) is 6.13. The summed E-state index contributed by atoms with van der Waals surface area (Å²) in [6.45, 7) is 4.32. The van der Waals surface area contributed by atoms with Crippen molar-refractivity contribution in [3.8, 4) is 0 Å². The third-order valence-electron chi connectivity index (χ3n) is 5.12. The van der Waals surface area contributed by atoms with E-state index in [0.29, 0.717) is 12.2 Å². The Morgan fingerprint density at radius 2 is 1.93 bits per heavy atom. The largest absolute Gasteiger partial charge is 0.461 e. The average Bonchev–Trinajstić information content (AvgIpc) is 3.03. The molecule has 0 radical (unpaired) electrons. The molecule has 28 heavy (non-hydrogen) atoms. The summed E-state index contributed by atoms with van der Waals surface area (Å²) >= 11 is 1.63. The molecule has 1 aromatic carbocycles. The molecule has 146 valence electrons. The number of aromatic amines is 1. The summed E-state index contributed by atoms with van der Waals surface area (Å²) in [5.74, 6) is 0.270. The van der Waals surface area contributed by atoms with Gasteiger partial charge in [0.25, 0.3) is 5.56 Å². The fourth-order valence-corrected chi connectivity index (χ4v) is 5.22. The summed E-state index contributed by atoms with van der Waals surface area (Å²) in [6.07, 6.45) is 4.88. The Hall–Kier alpha value is -2.47. The number of H-pyrrole nitrogens is 1. The van der Waals surface area contributed by atoms with Crippen LogP contribution in [0.5, 0.6) is 0 Å². The highest BCUT2D eigenvalue weighted by molar-refractivity contribution is 7.18. The minimum Gasteiger partial charge on any atom is -0.461 e. The first kappa shape index (κ1) is 18.9. The normalized spacial score (nSPS) is 13.5. The predicted molar refractivity (Wildman–Crippen MR) is 111 cm³/mol. The van der Waals surface area contributed by atoms with E-state index in [-0.39, 0.29) is 24.6 Å². The van der Waals surface area contributed by atoms with Gasteiger partial charge in [0, 0.05) is 11.3 Å². The van der Waals surface area contributed by atoms with Crippen LogP contribution in [0.1, 0.15) is 52.2 Å². The Morgan fingerprint density at radius 3 is 2.71 bits per heavy atom. The van der Waals surface area contributed by atoms with Crippen molar-refractivity contribution in [3.63, 3.8) is 0 Å². The highest BCUT2D eigenvalue weighted by Crippen LogP contribution is 2.33. The summed E-state index contributed by atoms with van der Waals surface area (Å²) in [5, 5.41) is 0.751. The molecule has 2 aromatic heterocycles. The molecule has 0 spiro atoms. The van der Waals surface area contributed by atoms with E-state index in [0.717, 1.165) is 46.2 Å². The number of aryl methyl sites for hydroxylation is 5. The Bertz CT molecular complexity index is 1080. The predicted octanol–water partition coefficient (Wildman–Crippen LogP) is 4.16. The van der Waals surface area contributed by atoms with Crippen molar-refractivity contribution in [1.29, 1.82) is 0 Å². The van der Waals surface area contributed by atoms with Crippen LogP contribution in [0.2, 0.25) is 0 Å². The molecular weight excluding hydrogens is 372 g/mol. The van der Waals surface area contributed by atoms with Gasteiger partial charge < -0.3 is 9.72 Å². The van der Waals surface area contributed by atoms with Crippen molar-refractivity contribution >= 4 is 27.5 Å². The van der Waals surface area contributed by atoms with Crippen LogP contribution < -0.4 is 5.56 Å². The zero-order chi connectivity index (χ0) is 19.7. The van der Waals surface area contributed by atoms with Gasteiger partial charge in [-0.1, -0.05) is 29.3 Å². The Morgan fingerprint density at radius 1 is 1.18 bits per heavy atom. The number of carbonyl (C=O) groups is 1. The van der Waals surface area contributed by atoms with Gasteiger partial charge >= 0.3 is 5.97 Å². The number of rotatable bonds is 5. The molecule has 3 aromatic rings. The van der Waals surface area contributed by atoms with Crippen LogP contribution in [0.3, 0.4) is 0 Å². The number of ether oxygens (including phenoxy) is 1. The van der Waals surface area contributed by atoms with Gasteiger partial charge in [-0.15, -0.1) is 11.3 Å². The van der Waals surface area contributed by atoms with Gasteiger partial charge in [0.15, 0.2) is 0 Å². The molecule has 5 nitrogen and oxygen atoms in total. The number of carbonyl (C=O) groups excluding carboxylic acids is 1. The Kier molecular flexibility index (Phi) is 5.31. The van der Waals surface area contributed by atoms with Crippen molar-refractivity contribution in [2.75, 3.05) is 0 Å². The molecule has 1 N–H and O–H groups in total. The first-order chi connectivity index (χ1) is 13.5. The molecule has 0 fully saturated rings. The van der Waals surface area contributed by atoms with Crippen molar-refractivity contribution < 1.29 is 9.53 Å². The van der Waals surface area contributed by atoms with E-state index in [1.807, 2.05) is 26.0 Å². The van der Waals surface area contributed by atoms with Gasteiger partial charge in [-0.2, -0.15) is 0 Å². The summed E-state index contributed by atoms with van der Waals surface area (Å²) < 4.78 is 5.39. The summed E-state index contributed by atoms with van der Waals surface area (Å²) in [7, 11) is 0. The number of esters is 1. The Balaban J connectivity index is 1.41. The highest BCUT2D eigenvalue weighted by Gasteiger charge is 2.20. The molecule has 4 rings (SSSR count). The number of aromatic nitrogens is 2. The van der Waals surface area contributed by atoms with E-state index in [1.54, 1.807) is 11.3 Å². The lowest BCUT2D eigenvalue weighted by Crippen LogP contribution is -2.14. The maximum Gasteiger partial charge on any atom is 0.306 e. The van der Waals surface area contributed by atoms with E-state index >= 15 is 0 Å². The summed E-state index contributed by atoms with van der Waals surface area (Å²) in [4.78, 5) is 34.2. The first-order valence-electron chi connectivity index (χ1n) is 9.76. The molecule has 0 aliphatic heterocycles. The third kappa shape index (κ3) is 4.02. The fraction of sp³-hybridized carbons (Fsp3) is 0.409. The number of hydrogen-bond donors (Lipinski definition) is 1. The minimum atomic E-state index is -0.285. The standard InChI is InChI=1S/C22H24N2O3S/c1-13-9-14(2)11-15(10-13)12-27-19(25)8-7-18-23-21(26)20-16-5-3-4-6-17(16)28-22(20)24-18/h9-11H,3-8,12H2,1-2H3,(H,23,24,26). The molecule has 2 heterocycles. The van der Waals surface area contributed by atoms with Crippen molar-refractivity contribution in [2.24, 2.45) is 0 Å². The first-order valence-corrected chi connectivity index (χ1v) is 10.6. The van der Waals surface area contributed by atoms with Gasteiger partial charge in [-0.3, -0.25) is 9.59 Å². The van der Waals surface area contributed by atoms with Crippen molar-refractivity contribution in [2.45, 2.75) is 59.0 Å². The molecular formula is C22H24N2O3S. The molecule has 0 saturated heterocycles. The maximum atomic E-state index is 12.5. The second-order valence-corrected chi connectivity index (χ2v) is 8.64. The molecule has 1 aliphatic carbocycles. The van der Waals surface area contributed by atoms with E-state index < -0.39 is 0 Å². The number of nitrogens with one attached hydrogen (secondary N) is 1. The van der Waals surface area contributed by atoms with Gasteiger partial charge in [-0.25, -0.2) is 4.98 Å². The van der Waals surface area contributed by atoms with Crippen LogP contribution in [0, 0.1) is 13.8 Å². The van der Waals surface area contributed by atoms with Crippen LogP contribution >= 0.6 is 11.3 Å². The van der Waals surface area contributed by atoms with Crippen LogP contribution in [-0.4, -0.2) is 15.9 Å².